The minimum atomic E-state index is -0.496. The zero-order valence-corrected chi connectivity index (χ0v) is 22.5. The van der Waals surface area contributed by atoms with E-state index in [0.29, 0.717) is 26.4 Å². The van der Waals surface area contributed by atoms with Gasteiger partial charge in [0.2, 0.25) is 0 Å². The monoisotopic (exact) mass is 577 g/mol. The van der Waals surface area contributed by atoms with Crippen molar-refractivity contribution in [2.24, 2.45) is 4.99 Å². The first-order valence-electron chi connectivity index (χ1n) is 11.7. The molecule has 0 radical (unpaired) electrons. The number of esters is 1. The number of piperazine rings is 1. The summed E-state index contributed by atoms with van der Waals surface area (Å²) in [5.41, 5.74) is 2.37. The highest BCUT2D eigenvalue weighted by molar-refractivity contribution is 9.10. The number of para-hydroxylation sites is 1. The summed E-state index contributed by atoms with van der Waals surface area (Å²) in [5, 5.41) is 0.731. The van der Waals surface area contributed by atoms with E-state index >= 15 is 0 Å². The number of benzene rings is 3. The Morgan fingerprint density at radius 3 is 2.38 bits per heavy atom. The topological polar surface area (TPSA) is 71.4 Å². The van der Waals surface area contributed by atoms with Crippen LogP contribution in [-0.4, -0.2) is 55.2 Å². The lowest BCUT2D eigenvalue weighted by molar-refractivity contribution is -0.113. The van der Waals surface area contributed by atoms with Gasteiger partial charge in [-0.2, -0.15) is 4.99 Å². The molecule has 0 aromatic heterocycles. The fourth-order valence-corrected chi connectivity index (χ4v) is 5.53. The molecule has 1 saturated heterocycles. The molecule has 3 aromatic carbocycles. The molecule has 188 valence electrons. The van der Waals surface area contributed by atoms with Gasteiger partial charge < -0.3 is 19.3 Å². The minimum absolute atomic E-state index is 0.256. The Morgan fingerprint density at radius 1 is 0.946 bits per heavy atom. The molecule has 2 aliphatic rings. The molecule has 2 aliphatic heterocycles. The summed E-state index contributed by atoms with van der Waals surface area (Å²) in [7, 11) is 1.51. The van der Waals surface area contributed by atoms with Gasteiger partial charge in [-0.05, 0) is 75.7 Å². The second-order valence-electron chi connectivity index (χ2n) is 8.40. The average molecular weight is 578 g/mol. The van der Waals surface area contributed by atoms with Crippen LogP contribution in [0.1, 0.15) is 15.9 Å². The first-order chi connectivity index (χ1) is 18.0. The predicted molar refractivity (Wildman–Crippen MR) is 150 cm³/mol. The minimum Gasteiger partial charge on any atom is -0.493 e. The number of thioether (sulfide) groups is 1. The first kappa shape index (κ1) is 25.1. The van der Waals surface area contributed by atoms with Gasteiger partial charge in [-0.25, -0.2) is 4.79 Å². The van der Waals surface area contributed by atoms with Crippen molar-refractivity contribution in [2.45, 2.75) is 0 Å². The summed E-state index contributed by atoms with van der Waals surface area (Å²) < 4.78 is 11.7. The van der Waals surface area contributed by atoms with Crippen molar-refractivity contribution in [1.29, 1.82) is 0 Å². The fraction of sp³-hybridized carbons (Fsp3) is 0.179. The summed E-state index contributed by atoms with van der Waals surface area (Å²) in [4.78, 5) is 34.6. The maximum atomic E-state index is 12.7. The van der Waals surface area contributed by atoms with E-state index in [0.717, 1.165) is 36.9 Å². The van der Waals surface area contributed by atoms with Gasteiger partial charge in [-0.1, -0.05) is 36.4 Å². The normalized spacial score (nSPS) is 16.6. The fourth-order valence-electron chi connectivity index (χ4n) is 4.12. The number of carbonyl (C=O) groups is 2. The number of methoxy groups -OCH3 is 1. The number of aliphatic imine (C=N–C) groups is 1. The van der Waals surface area contributed by atoms with Gasteiger partial charge in [0.1, 0.15) is 0 Å². The van der Waals surface area contributed by atoms with Crippen molar-refractivity contribution in [1.82, 2.24) is 4.90 Å². The molecule has 0 aliphatic carbocycles. The number of hydrogen-bond donors (Lipinski definition) is 0. The van der Waals surface area contributed by atoms with E-state index < -0.39 is 5.97 Å². The second-order valence-corrected chi connectivity index (χ2v) is 10.3. The Labute approximate surface area is 227 Å². The van der Waals surface area contributed by atoms with Crippen LogP contribution in [0, 0.1) is 0 Å². The van der Waals surface area contributed by atoms with Crippen LogP contribution in [0.25, 0.3) is 6.08 Å². The molecule has 0 bridgehead atoms. The van der Waals surface area contributed by atoms with Gasteiger partial charge in [-0.15, -0.1) is 0 Å². The van der Waals surface area contributed by atoms with E-state index in [1.165, 1.54) is 24.6 Å². The number of halogens is 1. The highest BCUT2D eigenvalue weighted by Gasteiger charge is 2.28. The van der Waals surface area contributed by atoms with Crippen molar-refractivity contribution in [3.05, 3.63) is 93.3 Å². The SMILES string of the molecule is COc1cc(/C=C2/SC(N3CCN(c4ccccc4)CC3)=NC2=O)ccc1OC(=O)c1ccccc1Br. The van der Waals surface area contributed by atoms with Crippen LogP contribution >= 0.6 is 27.7 Å². The summed E-state index contributed by atoms with van der Waals surface area (Å²) in [6.45, 7) is 3.33. The zero-order valence-electron chi connectivity index (χ0n) is 20.1. The Hall–Kier alpha value is -3.56. The third kappa shape index (κ3) is 5.73. The van der Waals surface area contributed by atoms with E-state index in [4.69, 9.17) is 9.47 Å². The van der Waals surface area contributed by atoms with Crippen LogP contribution in [0.5, 0.6) is 11.5 Å². The van der Waals surface area contributed by atoms with E-state index in [2.05, 4.69) is 42.9 Å². The second kappa shape index (κ2) is 11.2. The molecule has 1 fully saturated rings. The molecule has 2 heterocycles. The number of amidine groups is 1. The highest BCUT2D eigenvalue weighted by Crippen LogP contribution is 2.34. The van der Waals surface area contributed by atoms with Crippen molar-refractivity contribution >= 4 is 56.5 Å². The molecule has 7 nitrogen and oxygen atoms in total. The quantitative estimate of drug-likeness (QED) is 0.226. The third-order valence-corrected chi connectivity index (χ3v) is 7.80. The maximum absolute atomic E-state index is 12.7. The Kier molecular flexibility index (Phi) is 7.62. The number of ether oxygens (including phenoxy) is 2. The van der Waals surface area contributed by atoms with Gasteiger partial charge in [0.05, 0.1) is 17.6 Å². The highest BCUT2D eigenvalue weighted by atomic mass is 79.9. The molecule has 5 rings (SSSR count). The maximum Gasteiger partial charge on any atom is 0.344 e. The zero-order chi connectivity index (χ0) is 25.8. The van der Waals surface area contributed by atoms with Gasteiger partial charge in [-0.3, -0.25) is 4.79 Å². The smallest absolute Gasteiger partial charge is 0.344 e. The number of rotatable bonds is 5. The van der Waals surface area contributed by atoms with Gasteiger partial charge in [0, 0.05) is 36.3 Å². The number of nitrogens with zero attached hydrogens (tertiary/aromatic N) is 3. The number of amides is 1. The average Bonchev–Trinajstić information content (AvgIpc) is 3.30. The Morgan fingerprint density at radius 2 is 1.65 bits per heavy atom. The van der Waals surface area contributed by atoms with Gasteiger partial charge in [0.15, 0.2) is 16.7 Å². The summed E-state index contributed by atoms with van der Waals surface area (Å²) in [5.74, 6) is -0.0647. The van der Waals surface area contributed by atoms with Crippen molar-refractivity contribution < 1.29 is 19.1 Å². The van der Waals surface area contributed by atoms with Crippen LogP contribution < -0.4 is 14.4 Å². The van der Waals surface area contributed by atoms with E-state index in [1.54, 1.807) is 42.5 Å². The van der Waals surface area contributed by atoms with E-state index in [9.17, 15) is 9.59 Å². The number of hydrogen-bond acceptors (Lipinski definition) is 7. The first-order valence-corrected chi connectivity index (χ1v) is 13.3. The summed E-state index contributed by atoms with van der Waals surface area (Å²) in [6.07, 6.45) is 1.78. The van der Waals surface area contributed by atoms with Gasteiger partial charge in [0.25, 0.3) is 5.91 Å². The van der Waals surface area contributed by atoms with Crippen LogP contribution in [0.2, 0.25) is 0 Å². The Balaban J connectivity index is 1.24. The van der Waals surface area contributed by atoms with Crippen LogP contribution in [-0.2, 0) is 4.79 Å². The lowest BCUT2D eigenvalue weighted by Gasteiger charge is -2.36. The Bertz CT molecular complexity index is 1390. The molecule has 0 spiro atoms. The molecular formula is C28H24BrN3O4S. The molecule has 3 aromatic rings. The summed E-state index contributed by atoms with van der Waals surface area (Å²) in [6, 6.07) is 22.6. The lowest BCUT2D eigenvalue weighted by atomic mass is 10.2. The van der Waals surface area contributed by atoms with Crippen molar-refractivity contribution in [2.75, 3.05) is 38.2 Å². The van der Waals surface area contributed by atoms with E-state index in [1.807, 2.05) is 24.3 Å². The van der Waals surface area contributed by atoms with Crippen LogP contribution in [0.15, 0.2) is 87.2 Å². The molecule has 0 atom stereocenters. The molecule has 0 saturated carbocycles. The largest absolute Gasteiger partial charge is 0.493 e. The molecule has 37 heavy (non-hydrogen) atoms. The van der Waals surface area contributed by atoms with Crippen molar-refractivity contribution in [3.63, 3.8) is 0 Å². The van der Waals surface area contributed by atoms with Crippen LogP contribution in [0.3, 0.4) is 0 Å². The number of carbonyl (C=O) groups excluding carboxylic acids is 2. The van der Waals surface area contributed by atoms with Gasteiger partial charge >= 0.3 is 5.97 Å². The molecule has 9 heteroatoms. The lowest BCUT2D eigenvalue weighted by Crippen LogP contribution is -2.47. The van der Waals surface area contributed by atoms with Crippen molar-refractivity contribution in [3.8, 4) is 11.5 Å². The molecular weight excluding hydrogens is 554 g/mol. The number of anilines is 1. The third-order valence-electron chi connectivity index (χ3n) is 6.06. The van der Waals surface area contributed by atoms with E-state index in [-0.39, 0.29) is 5.91 Å². The standard InChI is InChI=1S/C28H24BrN3O4S/c1-35-24-17-19(11-12-23(24)36-27(34)21-9-5-6-10-22(21)29)18-25-26(33)30-28(37-25)32-15-13-31(14-16-32)20-7-3-2-4-8-20/h2-12,17-18H,13-16H2,1H3/b25-18+. The van der Waals surface area contributed by atoms with Crippen LogP contribution in [0.4, 0.5) is 5.69 Å². The molecule has 1 amide bonds. The molecule has 0 N–H and O–H groups in total. The predicted octanol–water partition coefficient (Wildman–Crippen LogP) is 5.47. The summed E-state index contributed by atoms with van der Waals surface area (Å²) >= 11 is 4.75. The molecule has 0 unspecified atom stereocenters.